The number of benzene rings is 1. The second-order valence-electron chi connectivity index (χ2n) is 6.66. The Balaban J connectivity index is 1.56. The van der Waals surface area contributed by atoms with Gasteiger partial charge in [0.05, 0.1) is 11.6 Å². The first-order chi connectivity index (χ1) is 14.5. The van der Waals surface area contributed by atoms with Crippen LogP contribution in [0.15, 0.2) is 59.6 Å². The van der Waals surface area contributed by atoms with Gasteiger partial charge in [-0.05, 0) is 36.8 Å². The molecular weight excluding hydrogens is 387 g/mol. The van der Waals surface area contributed by atoms with Crippen LogP contribution >= 0.6 is 0 Å². The fraction of sp³-hybridized carbons (Fsp3) is 0.190. The molecule has 1 aromatic carbocycles. The lowest BCUT2D eigenvalue weighted by Crippen LogP contribution is -2.26. The molecule has 152 valence electrons. The summed E-state index contributed by atoms with van der Waals surface area (Å²) in [6.07, 6.45) is 5.36. The van der Waals surface area contributed by atoms with E-state index in [-0.39, 0.29) is 23.5 Å². The normalized spacial score (nSPS) is 12.0. The van der Waals surface area contributed by atoms with Crippen molar-refractivity contribution >= 4 is 5.91 Å². The van der Waals surface area contributed by atoms with Gasteiger partial charge in [0.25, 0.3) is 11.8 Å². The van der Waals surface area contributed by atoms with E-state index < -0.39 is 0 Å². The lowest BCUT2D eigenvalue weighted by atomic mass is 10.1. The number of rotatable bonds is 6. The summed E-state index contributed by atoms with van der Waals surface area (Å²) in [5.74, 6) is 0.783. The van der Waals surface area contributed by atoms with Crippen molar-refractivity contribution < 1.29 is 13.7 Å². The lowest BCUT2D eigenvalue weighted by molar-refractivity contribution is 0.0935. The van der Waals surface area contributed by atoms with Gasteiger partial charge in [-0.3, -0.25) is 9.36 Å². The molecule has 4 aromatic rings. The van der Waals surface area contributed by atoms with Gasteiger partial charge in [-0.15, -0.1) is 0 Å². The number of carbonyl (C=O) groups excluding carboxylic acids is 1. The van der Waals surface area contributed by atoms with Crippen LogP contribution in [0.25, 0.3) is 17.3 Å². The Labute approximate surface area is 171 Å². The average Bonchev–Trinajstić information content (AvgIpc) is 3.44. The first-order valence-corrected chi connectivity index (χ1v) is 9.43. The third-order valence-electron chi connectivity index (χ3n) is 4.58. The molecule has 9 heteroatoms. The van der Waals surface area contributed by atoms with Gasteiger partial charge >= 0.3 is 0 Å². The molecule has 8 nitrogen and oxygen atoms in total. The third-order valence-corrected chi connectivity index (χ3v) is 4.58. The van der Waals surface area contributed by atoms with E-state index in [4.69, 9.17) is 4.52 Å². The zero-order valence-electron chi connectivity index (χ0n) is 16.4. The SMILES string of the molecule is CCc1noc(-c2cccnc2-n2cnc(C(=O)NC(C)c3ccc(F)cc3)c2)n1. The summed E-state index contributed by atoms with van der Waals surface area (Å²) < 4.78 is 20.1. The first kappa shape index (κ1) is 19.4. The second-order valence-corrected chi connectivity index (χ2v) is 6.66. The van der Waals surface area contributed by atoms with Crippen molar-refractivity contribution in [2.24, 2.45) is 0 Å². The Morgan fingerprint density at radius 3 is 2.77 bits per heavy atom. The van der Waals surface area contributed by atoms with E-state index in [0.717, 1.165) is 5.56 Å². The molecule has 1 unspecified atom stereocenters. The smallest absolute Gasteiger partial charge is 0.271 e. The number of aryl methyl sites for hydroxylation is 1. The van der Waals surface area contributed by atoms with Crippen LogP contribution in [0, 0.1) is 5.82 Å². The van der Waals surface area contributed by atoms with Crippen molar-refractivity contribution in [1.82, 2.24) is 30.0 Å². The summed E-state index contributed by atoms with van der Waals surface area (Å²) in [6.45, 7) is 3.76. The van der Waals surface area contributed by atoms with E-state index in [2.05, 4.69) is 25.4 Å². The number of pyridine rings is 1. The quantitative estimate of drug-likeness (QED) is 0.526. The lowest BCUT2D eigenvalue weighted by Gasteiger charge is -2.13. The summed E-state index contributed by atoms with van der Waals surface area (Å²) in [6, 6.07) is 9.25. The molecule has 1 atom stereocenters. The van der Waals surface area contributed by atoms with Gasteiger partial charge in [0.2, 0.25) is 0 Å². The van der Waals surface area contributed by atoms with Crippen LogP contribution in [0.4, 0.5) is 4.39 Å². The Bertz CT molecular complexity index is 1170. The van der Waals surface area contributed by atoms with E-state index in [9.17, 15) is 9.18 Å². The van der Waals surface area contributed by atoms with E-state index in [1.807, 2.05) is 19.9 Å². The maximum absolute atomic E-state index is 13.1. The average molecular weight is 406 g/mol. The highest BCUT2D eigenvalue weighted by molar-refractivity contribution is 5.92. The van der Waals surface area contributed by atoms with Crippen molar-refractivity contribution in [2.75, 3.05) is 0 Å². The number of halogens is 1. The van der Waals surface area contributed by atoms with Crippen LogP contribution < -0.4 is 5.32 Å². The Morgan fingerprint density at radius 1 is 1.23 bits per heavy atom. The van der Waals surface area contributed by atoms with Gasteiger partial charge in [-0.2, -0.15) is 4.98 Å². The van der Waals surface area contributed by atoms with Crippen LogP contribution in [0.5, 0.6) is 0 Å². The monoisotopic (exact) mass is 406 g/mol. The number of hydrogen-bond donors (Lipinski definition) is 1. The summed E-state index contributed by atoms with van der Waals surface area (Å²) in [5, 5.41) is 6.78. The zero-order valence-corrected chi connectivity index (χ0v) is 16.4. The molecule has 4 rings (SSSR count). The fourth-order valence-corrected chi connectivity index (χ4v) is 2.94. The molecule has 0 aliphatic heterocycles. The minimum atomic E-state index is -0.353. The predicted molar refractivity (Wildman–Crippen MR) is 106 cm³/mol. The maximum Gasteiger partial charge on any atom is 0.271 e. The van der Waals surface area contributed by atoms with E-state index in [1.54, 1.807) is 35.2 Å². The van der Waals surface area contributed by atoms with Crippen molar-refractivity contribution in [1.29, 1.82) is 0 Å². The molecular formula is C21H19FN6O2. The van der Waals surface area contributed by atoms with Gasteiger partial charge in [0, 0.05) is 18.8 Å². The largest absolute Gasteiger partial charge is 0.344 e. The van der Waals surface area contributed by atoms with Crippen molar-refractivity contribution in [2.45, 2.75) is 26.3 Å². The standard InChI is InChI=1S/C21H19FN6O2/c1-3-18-26-21(30-27-18)16-5-4-10-23-19(16)28-11-17(24-12-28)20(29)25-13(2)14-6-8-15(22)9-7-14/h4-13H,3H2,1-2H3,(H,25,29). The number of nitrogens with zero attached hydrogens (tertiary/aromatic N) is 5. The molecule has 1 amide bonds. The highest BCUT2D eigenvalue weighted by atomic mass is 19.1. The topological polar surface area (TPSA) is 98.7 Å². The Kier molecular flexibility index (Phi) is 5.34. The summed E-state index contributed by atoms with van der Waals surface area (Å²) in [7, 11) is 0. The molecule has 1 N–H and O–H groups in total. The van der Waals surface area contributed by atoms with Crippen molar-refractivity contribution in [3.63, 3.8) is 0 Å². The number of nitrogens with one attached hydrogen (secondary N) is 1. The summed E-state index contributed by atoms with van der Waals surface area (Å²) >= 11 is 0. The molecule has 30 heavy (non-hydrogen) atoms. The summed E-state index contributed by atoms with van der Waals surface area (Å²) in [4.78, 5) is 25.5. The second kappa shape index (κ2) is 8.24. The molecule has 0 spiro atoms. The Morgan fingerprint density at radius 2 is 2.03 bits per heavy atom. The summed E-state index contributed by atoms with van der Waals surface area (Å²) in [5.41, 5.74) is 1.65. The predicted octanol–water partition coefficient (Wildman–Crippen LogP) is 3.51. The van der Waals surface area contributed by atoms with Crippen LogP contribution in [-0.4, -0.2) is 30.6 Å². The molecule has 0 aliphatic rings. The molecule has 0 bridgehead atoms. The van der Waals surface area contributed by atoms with Crippen LogP contribution in [-0.2, 0) is 6.42 Å². The number of aromatic nitrogens is 5. The fourth-order valence-electron chi connectivity index (χ4n) is 2.94. The molecule has 0 fully saturated rings. The third kappa shape index (κ3) is 3.95. The van der Waals surface area contributed by atoms with Crippen LogP contribution in [0.3, 0.4) is 0 Å². The molecule has 0 saturated carbocycles. The molecule has 0 radical (unpaired) electrons. The molecule has 3 heterocycles. The highest BCUT2D eigenvalue weighted by Crippen LogP contribution is 2.24. The van der Waals surface area contributed by atoms with Gasteiger partial charge in [-0.1, -0.05) is 24.2 Å². The minimum Gasteiger partial charge on any atom is -0.344 e. The van der Waals surface area contributed by atoms with Crippen molar-refractivity contribution in [3.8, 4) is 17.3 Å². The van der Waals surface area contributed by atoms with E-state index in [0.29, 0.717) is 29.5 Å². The van der Waals surface area contributed by atoms with Gasteiger partial charge in [0.15, 0.2) is 11.6 Å². The van der Waals surface area contributed by atoms with Gasteiger partial charge < -0.3 is 9.84 Å². The van der Waals surface area contributed by atoms with Gasteiger partial charge in [0.1, 0.15) is 17.8 Å². The van der Waals surface area contributed by atoms with E-state index in [1.165, 1.54) is 18.5 Å². The van der Waals surface area contributed by atoms with Gasteiger partial charge in [-0.25, -0.2) is 14.4 Å². The molecule has 0 aliphatic carbocycles. The number of carbonyl (C=O) groups is 1. The number of hydrogen-bond acceptors (Lipinski definition) is 6. The van der Waals surface area contributed by atoms with E-state index >= 15 is 0 Å². The highest BCUT2D eigenvalue weighted by Gasteiger charge is 2.18. The molecule has 0 saturated heterocycles. The Hall–Kier alpha value is -3.88. The van der Waals surface area contributed by atoms with Crippen molar-refractivity contribution in [3.05, 3.63) is 78.0 Å². The first-order valence-electron chi connectivity index (χ1n) is 9.43. The van der Waals surface area contributed by atoms with Crippen LogP contribution in [0.2, 0.25) is 0 Å². The molecule has 3 aromatic heterocycles. The number of imidazole rings is 1. The van der Waals surface area contributed by atoms with Crippen LogP contribution in [0.1, 0.15) is 41.8 Å². The number of amides is 1. The maximum atomic E-state index is 13.1. The zero-order chi connectivity index (χ0) is 21.1. The minimum absolute atomic E-state index is 0.223.